The van der Waals surface area contributed by atoms with Gasteiger partial charge in [-0.05, 0) is 181 Å². The van der Waals surface area contributed by atoms with Crippen LogP contribution in [0.2, 0.25) is 35.3 Å². The van der Waals surface area contributed by atoms with E-state index in [-0.39, 0.29) is 84.5 Å². The first-order valence-corrected chi connectivity index (χ1v) is 40.1. The molecule has 0 amide bonds. The SMILES string of the molecule is C1CCOC1.CN1CCN(c2nc3cc(Cl)ccc3c3cccnc23)CC1.CN1CCNCC1.CO.Clc1ccc2c(c1)nc(Cl)c1ncccc12.N#Cc1ncccc1-c1ccc(Cl)cc1F.N#Cc1ncccc1Cl.O=C1Cc2cc(Cl)ccc2-c2cccnc21.O=P(Cl)(Cl)Cl.OB(O)c1ccc(Cl)cc1F.[K+].[OH-]. The number of likely N-dealkylation sites (N-methyl/N-ethyl adjacent to an activating group) is 2. The first-order valence-electron chi connectivity index (χ1n) is 33.1. The van der Waals surface area contributed by atoms with E-state index in [1.54, 1.807) is 48.8 Å². The Balaban J connectivity index is 0.000000230. The first-order chi connectivity index (χ1) is 52.3. The van der Waals surface area contributed by atoms with E-state index in [0.717, 1.165) is 132 Å². The van der Waals surface area contributed by atoms with Gasteiger partial charge < -0.3 is 45.4 Å². The number of halogens is 12. The molecule has 0 spiro atoms. The largest absolute Gasteiger partial charge is 1.00 e. The molecule has 3 saturated heterocycles. The maximum atomic E-state index is 13.6. The van der Waals surface area contributed by atoms with Crippen LogP contribution in [0, 0.1) is 34.3 Å². The Labute approximate surface area is 733 Å². The number of piperazine rings is 2. The van der Waals surface area contributed by atoms with Crippen molar-refractivity contribution in [2.24, 2.45) is 0 Å². The van der Waals surface area contributed by atoms with Gasteiger partial charge in [0.2, 0.25) is 0 Å². The molecule has 7 aromatic heterocycles. The standard InChI is InChI=1S/C17H17ClN4.C13H8ClNO.C12H6Cl2N2.C12H6ClFN2.C6H5BClFO2.C6H3ClN2.C5H12N2.C4H8O.CH4O.Cl3OP.K.H2O/c1-21-7-9-22(10-8-21)17-16-14(3-2-6-19-16)13-5-4-12(18)11-15(13)20-17;14-9-3-4-10-8(6-9)7-12(16)13-11(10)2-1-5-15-13;13-7-3-4-8-9-2-1-5-15-11(9)12(14)16-10(8)6-7;13-8-3-4-9(11(14)6-8)10-2-1-5-16-12(10)7-15;8-4-1-2-5(7(10)11)6(9)3-4;7-5-2-1-3-9-6(5)4-8;1-7-4-2-6-3-5-7;1-2-4-5-3-1;1-2;1-5(2,3)4;;/h2-6,11H,7-10H2,1H3;1-6H,7H2;2*1-6H;1-3,10-11H;1-3H;6H,2-5H2,1H3;1-4H2;2H,1H3;;;1H2/q;;;;;;;;;;+1;/p-1. The van der Waals surface area contributed by atoms with Crippen LogP contribution in [-0.4, -0.2) is 165 Å². The molecule has 0 saturated carbocycles. The van der Waals surface area contributed by atoms with Crippen molar-refractivity contribution in [1.82, 2.24) is 50.0 Å². The second-order valence-corrected chi connectivity index (χ2v) is 33.0. The number of pyridine rings is 7. The fourth-order valence-electron chi connectivity index (χ4n) is 10.8. The van der Waals surface area contributed by atoms with Gasteiger partial charge in [0, 0.05) is 179 Å². The number of hydrogen-bond donors (Lipinski definition) is 4. The van der Waals surface area contributed by atoms with Gasteiger partial charge in [-0.3, -0.25) is 24.3 Å². The summed E-state index contributed by atoms with van der Waals surface area (Å²) in [5.74, 6) is -0.145. The molecule has 574 valence electrons. The number of ketones is 1. The molecule has 111 heavy (non-hydrogen) atoms. The average Bonchev–Trinajstić information content (AvgIpc) is 0.817. The monoisotopic (exact) mass is 1750 g/mol. The summed E-state index contributed by atoms with van der Waals surface area (Å²) in [7, 11) is 3.52. The van der Waals surface area contributed by atoms with Gasteiger partial charge in [-0.25, -0.2) is 28.7 Å². The number of aliphatic hydroxyl groups excluding tert-OH is 1. The van der Waals surface area contributed by atoms with Crippen molar-refractivity contribution < 1.29 is 94.9 Å². The molecule has 5 aromatic carbocycles. The predicted molar refractivity (Wildman–Crippen MR) is 442 cm³/mol. The number of carbonyl (C=O) groups is 1. The third-order valence-electron chi connectivity index (χ3n) is 16.0. The number of aliphatic hydroxyl groups is 1. The normalized spacial score (nSPS) is 13.1. The number of benzene rings is 5. The Kier molecular flexibility index (Phi) is 42.2. The number of rotatable bonds is 3. The molecule has 4 aliphatic rings. The second-order valence-electron chi connectivity index (χ2n) is 23.4. The summed E-state index contributed by atoms with van der Waals surface area (Å²) in [6.45, 7) is 10.8. The van der Waals surface area contributed by atoms with E-state index >= 15 is 0 Å². The Morgan fingerprint density at radius 1 is 0.532 bits per heavy atom. The Morgan fingerprint density at radius 2 is 0.991 bits per heavy atom. The minimum absolute atomic E-state index is 0. The molecular formula is C76H70BCl10F2KN13O7P. The van der Waals surface area contributed by atoms with Gasteiger partial charge in [0.15, 0.2) is 22.4 Å². The van der Waals surface area contributed by atoms with E-state index in [1.807, 2.05) is 97.2 Å². The van der Waals surface area contributed by atoms with E-state index in [9.17, 15) is 18.1 Å². The van der Waals surface area contributed by atoms with Crippen LogP contribution in [0.3, 0.4) is 0 Å². The van der Waals surface area contributed by atoms with E-state index < -0.39 is 24.0 Å². The number of hydrogen-bond acceptors (Lipinski definition) is 20. The van der Waals surface area contributed by atoms with Crippen LogP contribution in [-0.2, 0) is 15.7 Å². The van der Waals surface area contributed by atoms with Crippen LogP contribution < -0.4 is 67.1 Å². The molecule has 1 aliphatic carbocycles. The number of nitriles is 2. The zero-order chi connectivity index (χ0) is 79.2. The number of fused-ring (bicyclic) bond motifs is 9. The van der Waals surface area contributed by atoms with Crippen LogP contribution in [0.5, 0.6) is 0 Å². The molecular weight excluding hydrogens is 1680 g/mol. The van der Waals surface area contributed by atoms with Gasteiger partial charge in [-0.1, -0.05) is 124 Å². The third-order valence-corrected chi connectivity index (χ3v) is 17.7. The van der Waals surface area contributed by atoms with Crippen LogP contribution in [0.15, 0.2) is 183 Å². The fraction of sp³-hybridized carbons (Fsp3) is 0.211. The van der Waals surface area contributed by atoms with Crippen LogP contribution in [0.1, 0.15) is 40.3 Å². The van der Waals surface area contributed by atoms with Gasteiger partial charge in [0.25, 0.3) is 0 Å². The Morgan fingerprint density at radius 3 is 1.50 bits per heavy atom. The first kappa shape index (κ1) is 95.6. The molecule has 20 nitrogen and oxygen atoms in total. The molecule has 3 fully saturated rings. The summed E-state index contributed by atoms with van der Waals surface area (Å²) in [5.41, 5.74) is 8.04. The quantitative estimate of drug-likeness (QED) is 0.0553. The zero-order valence-electron chi connectivity index (χ0n) is 60.0. The molecule has 0 radical (unpaired) electrons. The maximum absolute atomic E-state index is 13.6. The van der Waals surface area contributed by atoms with E-state index in [2.05, 4.69) is 104 Å². The van der Waals surface area contributed by atoms with E-state index in [0.29, 0.717) is 53.5 Å². The minimum atomic E-state index is -3.22. The Hall–Kier alpha value is -5.99. The molecule has 0 atom stereocenters. The average molecular weight is 1750 g/mol. The van der Waals surface area contributed by atoms with Gasteiger partial charge in [-0.2, -0.15) is 10.5 Å². The van der Waals surface area contributed by atoms with Crippen molar-refractivity contribution in [2.45, 2.75) is 19.3 Å². The molecule has 16 rings (SSSR count). The van der Waals surface area contributed by atoms with Crippen LogP contribution in [0.25, 0.3) is 65.9 Å². The Bertz CT molecular complexity index is 5170. The molecule has 12 aromatic rings. The number of carbonyl (C=O) groups excluding carboxylic acids is 1. The number of anilines is 1. The molecule has 10 heterocycles. The van der Waals surface area contributed by atoms with E-state index in [4.69, 9.17) is 117 Å². The minimum Gasteiger partial charge on any atom is -0.870 e. The van der Waals surface area contributed by atoms with Crippen molar-refractivity contribution in [3.63, 3.8) is 0 Å². The zero-order valence-corrected chi connectivity index (χ0v) is 71.5. The van der Waals surface area contributed by atoms with Gasteiger partial charge in [-0.15, -0.1) is 0 Å². The summed E-state index contributed by atoms with van der Waals surface area (Å²) in [6.07, 6.45) is 11.2. The number of nitrogens with zero attached hydrogens (tertiary/aromatic N) is 12. The van der Waals surface area contributed by atoms with Crippen molar-refractivity contribution in [3.05, 3.63) is 252 Å². The summed E-state index contributed by atoms with van der Waals surface area (Å²) in [5, 5.41) is 49.0. The van der Waals surface area contributed by atoms with Gasteiger partial charge >= 0.3 is 63.7 Å². The van der Waals surface area contributed by atoms with Crippen LogP contribution in [0.4, 0.5) is 14.6 Å². The molecule has 3 aliphatic heterocycles. The fourth-order valence-corrected chi connectivity index (χ4v) is 12.0. The summed E-state index contributed by atoms with van der Waals surface area (Å²) < 4.78 is 40.8. The van der Waals surface area contributed by atoms with Crippen molar-refractivity contribution >= 4 is 188 Å². The van der Waals surface area contributed by atoms with Crippen LogP contribution >= 0.6 is 120 Å². The molecule has 0 bridgehead atoms. The number of ether oxygens (including phenoxy) is 1. The van der Waals surface area contributed by atoms with Crippen molar-refractivity contribution in [2.75, 3.05) is 91.7 Å². The predicted octanol–water partition coefficient (Wildman–Crippen LogP) is 15.2. The maximum Gasteiger partial charge on any atom is 1.00 e. The van der Waals surface area contributed by atoms with Gasteiger partial charge in [0.1, 0.15) is 46.2 Å². The second kappa shape index (κ2) is 49.0. The number of Topliss-reactive ketones (excluding diaryl/α,β-unsaturated/α-hetero) is 1. The molecule has 5 N–H and O–H groups in total. The summed E-state index contributed by atoms with van der Waals surface area (Å²) in [4.78, 5) is 48.5. The smallest absolute Gasteiger partial charge is 0.870 e. The number of aromatic nitrogens is 7. The number of nitrogens with one attached hydrogen (secondary N) is 1. The summed E-state index contributed by atoms with van der Waals surface area (Å²) in [6, 6.07) is 47.2. The van der Waals surface area contributed by atoms with E-state index in [1.165, 1.54) is 62.6 Å². The molecule has 35 heteroatoms. The van der Waals surface area contributed by atoms with Crippen molar-refractivity contribution in [3.8, 4) is 34.4 Å². The third kappa shape index (κ3) is 30.3. The topological polar surface area (TPSA) is 294 Å². The van der Waals surface area contributed by atoms with Crippen molar-refractivity contribution in [1.29, 1.82) is 10.5 Å². The van der Waals surface area contributed by atoms with Gasteiger partial charge in [0.05, 0.1) is 16.1 Å². The molecule has 0 unspecified atom stereocenters. The summed E-state index contributed by atoms with van der Waals surface area (Å²) >= 11 is 54.5.